The molecule has 0 saturated carbocycles. The van der Waals surface area contributed by atoms with Crippen molar-refractivity contribution in [3.8, 4) is 12.3 Å². The number of hydrogen-bond acceptors (Lipinski definition) is 2. The maximum atomic E-state index is 12.6. The molecular formula is C17H18OS. The minimum atomic E-state index is 0.213. The van der Waals surface area contributed by atoms with Crippen molar-refractivity contribution < 1.29 is 4.79 Å². The summed E-state index contributed by atoms with van der Waals surface area (Å²) < 4.78 is 0. The largest absolute Gasteiger partial charge is 0.294 e. The number of fused-ring (bicyclic) bond motifs is 2. The molecule has 1 aromatic rings. The Morgan fingerprint density at radius 2 is 2.00 bits per heavy atom. The van der Waals surface area contributed by atoms with Gasteiger partial charge in [0.25, 0.3) is 0 Å². The number of thioether (sulfide) groups is 1. The third kappa shape index (κ3) is 2.72. The fraction of sp³-hybridized carbons (Fsp3) is 0.471. The first kappa shape index (κ1) is 12.8. The summed E-state index contributed by atoms with van der Waals surface area (Å²) in [7, 11) is 0. The summed E-state index contributed by atoms with van der Waals surface area (Å²) in [6, 6.07) is 7.53. The topological polar surface area (TPSA) is 17.1 Å². The predicted octanol–water partition coefficient (Wildman–Crippen LogP) is 3.91. The van der Waals surface area contributed by atoms with Gasteiger partial charge in [0, 0.05) is 27.5 Å². The average molecular weight is 270 g/mol. The Morgan fingerprint density at radius 1 is 1.26 bits per heavy atom. The molecule has 2 fully saturated rings. The molecule has 3 rings (SSSR count). The van der Waals surface area contributed by atoms with Gasteiger partial charge in [-0.3, -0.25) is 4.79 Å². The van der Waals surface area contributed by atoms with Crippen molar-refractivity contribution in [2.24, 2.45) is 5.92 Å². The zero-order valence-corrected chi connectivity index (χ0v) is 11.8. The Kier molecular flexibility index (Phi) is 3.66. The van der Waals surface area contributed by atoms with Crippen LogP contribution in [0.5, 0.6) is 0 Å². The van der Waals surface area contributed by atoms with Gasteiger partial charge in [0.05, 0.1) is 0 Å². The first-order valence-corrected chi connectivity index (χ1v) is 7.97. The van der Waals surface area contributed by atoms with E-state index in [-0.39, 0.29) is 5.92 Å². The maximum Gasteiger partial charge on any atom is 0.166 e. The lowest BCUT2D eigenvalue weighted by molar-refractivity contribution is 0.0896. The summed E-state index contributed by atoms with van der Waals surface area (Å²) in [6.45, 7) is 0. The van der Waals surface area contributed by atoms with Crippen LogP contribution >= 0.6 is 11.8 Å². The van der Waals surface area contributed by atoms with E-state index in [1.807, 2.05) is 24.3 Å². The Bertz CT molecular complexity index is 516. The quantitative estimate of drug-likeness (QED) is 0.598. The van der Waals surface area contributed by atoms with Crippen molar-refractivity contribution in [2.45, 2.75) is 42.6 Å². The minimum Gasteiger partial charge on any atom is -0.294 e. The number of benzene rings is 1. The van der Waals surface area contributed by atoms with Gasteiger partial charge in [-0.05, 0) is 37.8 Å². The highest BCUT2D eigenvalue weighted by Gasteiger charge is 2.35. The van der Waals surface area contributed by atoms with E-state index < -0.39 is 0 Å². The first-order valence-electron chi connectivity index (χ1n) is 7.02. The van der Waals surface area contributed by atoms with E-state index in [9.17, 15) is 4.79 Å². The molecule has 0 spiro atoms. The summed E-state index contributed by atoms with van der Waals surface area (Å²) in [6.07, 6.45) is 11.4. The zero-order valence-electron chi connectivity index (χ0n) is 11.0. The fourth-order valence-electron chi connectivity index (χ4n) is 3.27. The minimum absolute atomic E-state index is 0.213. The molecule has 19 heavy (non-hydrogen) atoms. The predicted molar refractivity (Wildman–Crippen MR) is 80.4 cm³/mol. The van der Waals surface area contributed by atoms with Gasteiger partial charge >= 0.3 is 0 Å². The van der Waals surface area contributed by atoms with Gasteiger partial charge in [-0.15, -0.1) is 6.42 Å². The lowest BCUT2D eigenvalue weighted by atomic mass is 9.84. The Labute approximate surface area is 119 Å². The monoisotopic (exact) mass is 270 g/mol. The van der Waals surface area contributed by atoms with Gasteiger partial charge in [-0.25, -0.2) is 0 Å². The van der Waals surface area contributed by atoms with Crippen molar-refractivity contribution >= 4 is 17.5 Å². The highest BCUT2D eigenvalue weighted by atomic mass is 32.2. The van der Waals surface area contributed by atoms with E-state index in [0.29, 0.717) is 16.3 Å². The molecule has 2 heterocycles. The summed E-state index contributed by atoms with van der Waals surface area (Å²) in [5, 5.41) is 1.41. The smallest absolute Gasteiger partial charge is 0.166 e. The van der Waals surface area contributed by atoms with E-state index in [4.69, 9.17) is 6.42 Å². The van der Waals surface area contributed by atoms with Gasteiger partial charge in [-0.1, -0.05) is 24.5 Å². The van der Waals surface area contributed by atoms with Crippen molar-refractivity contribution in [1.82, 2.24) is 0 Å². The highest BCUT2D eigenvalue weighted by molar-refractivity contribution is 8.00. The molecule has 0 aliphatic carbocycles. The molecule has 2 unspecified atom stereocenters. The molecule has 2 saturated heterocycles. The second-order valence-electron chi connectivity index (χ2n) is 5.57. The van der Waals surface area contributed by atoms with Gasteiger partial charge < -0.3 is 0 Å². The second-order valence-corrected chi connectivity index (χ2v) is 7.17. The third-order valence-electron chi connectivity index (χ3n) is 4.22. The highest BCUT2D eigenvalue weighted by Crippen LogP contribution is 2.44. The van der Waals surface area contributed by atoms with Crippen LogP contribution in [0.25, 0.3) is 0 Å². The van der Waals surface area contributed by atoms with Crippen LogP contribution in [0.2, 0.25) is 0 Å². The van der Waals surface area contributed by atoms with Crippen LogP contribution in [-0.2, 0) is 0 Å². The average Bonchev–Trinajstić information content (AvgIpc) is 2.46. The van der Waals surface area contributed by atoms with Gasteiger partial charge in [0.2, 0.25) is 0 Å². The number of carbonyl (C=O) groups is 1. The van der Waals surface area contributed by atoms with Crippen LogP contribution in [0.4, 0.5) is 0 Å². The van der Waals surface area contributed by atoms with E-state index in [0.717, 1.165) is 24.0 Å². The number of carbonyl (C=O) groups excluding carboxylic acids is 1. The molecule has 0 amide bonds. The molecule has 2 aliphatic heterocycles. The maximum absolute atomic E-state index is 12.6. The molecule has 2 heteroatoms. The first-order chi connectivity index (χ1) is 9.26. The third-order valence-corrected chi connectivity index (χ3v) is 5.84. The van der Waals surface area contributed by atoms with Crippen LogP contribution in [0.15, 0.2) is 24.3 Å². The molecule has 2 aliphatic rings. The molecule has 2 bridgehead atoms. The number of terminal acetylenes is 1. The van der Waals surface area contributed by atoms with Crippen LogP contribution in [-0.4, -0.2) is 16.3 Å². The van der Waals surface area contributed by atoms with Crippen molar-refractivity contribution in [1.29, 1.82) is 0 Å². The molecular weight excluding hydrogens is 252 g/mol. The molecule has 98 valence electrons. The lowest BCUT2D eigenvalue weighted by Crippen LogP contribution is -2.32. The molecule has 0 N–H and O–H groups in total. The molecule has 1 aromatic carbocycles. The zero-order chi connectivity index (χ0) is 13.2. The van der Waals surface area contributed by atoms with Crippen LogP contribution in [0.1, 0.15) is 48.0 Å². The molecule has 0 aromatic heterocycles. The number of Topliss-reactive ketones (excluding diaryl/α,β-unsaturated/α-hetero) is 1. The van der Waals surface area contributed by atoms with Crippen LogP contribution in [0, 0.1) is 18.3 Å². The number of hydrogen-bond donors (Lipinski definition) is 0. The van der Waals surface area contributed by atoms with Gasteiger partial charge in [0.15, 0.2) is 5.78 Å². The Balaban J connectivity index is 1.78. The van der Waals surface area contributed by atoms with E-state index >= 15 is 0 Å². The summed E-state index contributed by atoms with van der Waals surface area (Å²) in [5.74, 6) is 3.12. The normalized spacial score (nSPS) is 29.5. The molecule has 2 atom stereocenters. The second kappa shape index (κ2) is 5.43. The van der Waals surface area contributed by atoms with Crippen molar-refractivity contribution in [3.63, 3.8) is 0 Å². The SMILES string of the molecule is C#Cc1cccc(C(=O)C2CC3CCCC(C2)S3)c1. The van der Waals surface area contributed by atoms with Gasteiger partial charge in [-0.2, -0.15) is 11.8 Å². The Morgan fingerprint density at radius 3 is 2.68 bits per heavy atom. The van der Waals surface area contributed by atoms with Crippen LogP contribution in [0.3, 0.4) is 0 Å². The van der Waals surface area contributed by atoms with E-state index in [1.54, 1.807) is 0 Å². The Hall–Kier alpha value is -1.20. The number of rotatable bonds is 2. The van der Waals surface area contributed by atoms with Crippen molar-refractivity contribution in [2.75, 3.05) is 0 Å². The standard InChI is InChI=1S/C17H18OS/c1-2-12-5-3-6-13(9-12)17(18)14-10-15-7-4-8-16(11-14)19-15/h1,3,5-6,9,14-16H,4,7-8,10-11H2. The van der Waals surface area contributed by atoms with Gasteiger partial charge in [0.1, 0.15) is 0 Å². The summed E-state index contributed by atoms with van der Waals surface area (Å²) in [4.78, 5) is 12.6. The van der Waals surface area contributed by atoms with Crippen molar-refractivity contribution in [3.05, 3.63) is 35.4 Å². The molecule has 1 nitrogen and oxygen atoms in total. The fourth-order valence-corrected chi connectivity index (χ4v) is 5.11. The van der Waals surface area contributed by atoms with Crippen LogP contribution < -0.4 is 0 Å². The number of ketones is 1. The van der Waals surface area contributed by atoms with E-state index in [1.165, 1.54) is 19.3 Å². The summed E-state index contributed by atoms with van der Waals surface area (Å²) >= 11 is 2.11. The van der Waals surface area contributed by atoms with E-state index in [2.05, 4.69) is 17.7 Å². The summed E-state index contributed by atoms with van der Waals surface area (Å²) in [5.41, 5.74) is 1.60. The lowest BCUT2D eigenvalue weighted by Gasteiger charge is -2.37. The molecule has 0 radical (unpaired) electrons.